The summed E-state index contributed by atoms with van der Waals surface area (Å²) in [5.41, 5.74) is 0.288. The highest BCUT2D eigenvalue weighted by molar-refractivity contribution is 14.1. The third kappa shape index (κ3) is 3.21. The van der Waals surface area contributed by atoms with Gasteiger partial charge in [0.1, 0.15) is 11.5 Å². The Morgan fingerprint density at radius 2 is 2.15 bits per heavy atom. The van der Waals surface area contributed by atoms with Gasteiger partial charge in [-0.15, -0.1) is 0 Å². The van der Waals surface area contributed by atoms with E-state index in [4.69, 9.17) is 0 Å². The van der Waals surface area contributed by atoms with E-state index in [9.17, 15) is 14.5 Å². The van der Waals surface area contributed by atoms with E-state index >= 15 is 0 Å². The Balaban J connectivity index is 2.32. The number of nitrogens with zero attached hydrogens (tertiary/aromatic N) is 1. The van der Waals surface area contributed by atoms with Crippen molar-refractivity contribution in [3.05, 3.63) is 31.6 Å². The van der Waals surface area contributed by atoms with Gasteiger partial charge >= 0.3 is 0 Å². The van der Waals surface area contributed by atoms with Gasteiger partial charge in [-0.1, -0.05) is 26.7 Å². The number of benzene rings is 1. The minimum absolute atomic E-state index is 0.0582. The summed E-state index contributed by atoms with van der Waals surface area (Å²) >= 11 is 1.77. The molecule has 0 spiro atoms. The maximum Gasteiger partial charge on any atom is 0.293 e. The third-order valence-corrected chi connectivity index (χ3v) is 4.90. The normalized spacial score (nSPS) is 21.5. The number of nitro benzene ring substituents is 1. The molecule has 0 radical (unpaired) electrons. The molecule has 1 aromatic carbocycles. The molecule has 1 aliphatic rings. The molecule has 1 fully saturated rings. The number of hydrogen-bond donors (Lipinski definition) is 1. The molecular formula is C14H18FIN2O2. The maximum absolute atomic E-state index is 13.7. The summed E-state index contributed by atoms with van der Waals surface area (Å²) in [5, 5.41) is 14.3. The lowest BCUT2D eigenvalue weighted by Crippen LogP contribution is -2.39. The molecule has 110 valence electrons. The van der Waals surface area contributed by atoms with Gasteiger partial charge in [0.15, 0.2) is 0 Å². The van der Waals surface area contributed by atoms with Crippen LogP contribution in [0.15, 0.2) is 12.1 Å². The van der Waals surface area contributed by atoms with E-state index in [2.05, 4.69) is 19.2 Å². The summed E-state index contributed by atoms with van der Waals surface area (Å²) in [6.45, 7) is 4.30. The summed E-state index contributed by atoms with van der Waals surface area (Å²) in [6, 6.07) is 2.66. The van der Waals surface area contributed by atoms with Crippen LogP contribution in [0.4, 0.5) is 15.8 Å². The fourth-order valence-electron chi connectivity index (χ4n) is 2.75. The molecule has 0 aromatic heterocycles. The zero-order chi connectivity index (χ0) is 14.9. The Bertz CT molecular complexity index is 534. The summed E-state index contributed by atoms with van der Waals surface area (Å²) < 4.78 is 14.0. The fraction of sp³-hybridized carbons (Fsp3) is 0.571. The van der Waals surface area contributed by atoms with Crippen LogP contribution in [0.5, 0.6) is 0 Å². The van der Waals surface area contributed by atoms with Crippen LogP contribution in [0.25, 0.3) is 0 Å². The maximum atomic E-state index is 13.7. The van der Waals surface area contributed by atoms with E-state index in [-0.39, 0.29) is 26.4 Å². The summed E-state index contributed by atoms with van der Waals surface area (Å²) in [4.78, 5) is 10.7. The van der Waals surface area contributed by atoms with Crippen molar-refractivity contribution >= 4 is 34.0 Å². The second-order valence-corrected chi connectivity index (χ2v) is 7.13. The molecule has 1 N–H and O–H groups in total. The Kier molecular flexibility index (Phi) is 4.51. The van der Waals surface area contributed by atoms with Crippen LogP contribution in [-0.4, -0.2) is 11.0 Å². The molecular weight excluding hydrogens is 374 g/mol. The van der Waals surface area contributed by atoms with Crippen LogP contribution in [-0.2, 0) is 0 Å². The lowest BCUT2D eigenvalue weighted by molar-refractivity contribution is -0.384. The lowest BCUT2D eigenvalue weighted by atomic mass is 9.73. The first kappa shape index (κ1) is 15.5. The molecule has 2 rings (SSSR count). The fourth-order valence-corrected chi connectivity index (χ4v) is 3.20. The quantitative estimate of drug-likeness (QED) is 0.460. The van der Waals surface area contributed by atoms with Gasteiger partial charge in [0.2, 0.25) is 0 Å². The number of halogens is 2. The van der Waals surface area contributed by atoms with E-state index in [1.807, 2.05) is 0 Å². The van der Waals surface area contributed by atoms with Gasteiger partial charge < -0.3 is 5.32 Å². The van der Waals surface area contributed by atoms with E-state index in [1.165, 1.54) is 18.6 Å². The van der Waals surface area contributed by atoms with Gasteiger partial charge in [-0.3, -0.25) is 10.1 Å². The van der Waals surface area contributed by atoms with Crippen molar-refractivity contribution in [3.63, 3.8) is 0 Å². The molecule has 1 atom stereocenters. The molecule has 0 heterocycles. The van der Waals surface area contributed by atoms with E-state index in [0.29, 0.717) is 0 Å². The number of anilines is 1. The largest absolute Gasteiger partial charge is 0.376 e. The molecule has 1 saturated carbocycles. The van der Waals surface area contributed by atoms with Crippen LogP contribution in [0.2, 0.25) is 0 Å². The molecule has 4 nitrogen and oxygen atoms in total. The molecule has 1 unspecified atom stereocenters. The molecule has 0 bridgehead atoms. The zero-order valence-corrected chi connectivity index (χ0v) is 13.7. The topological polar surface area (TPSA) is 55.2 Å². The van der Waals surface area contributed by atoms with Crippen LogP contribution < -0.4 is 5.32 Å². The lowest BCUT2D eigenvalue weighted by Gasteiger charge is -2.39. The van der Waals surface area contributed by atoms with E-state index in [1.54, 1.807) is 22.6 Å². The summed E-state index contributed by atoms with van der Waals surface area (Å²) in [5.74, 6) is -0.424. The van der Waals surface area contributed by atoms with Crippen molar-refractivity contribution in [2.75, 3.05) is 5.32 Å². The van der Waals surface area contributed by atoms with Crippen LogP contribution in [0.3, 0.4) is 0 Å². The van der Waals surface area contributed by atoms with Gasteiger partial charge in [-0.2, -0.15) is 0 Å². The first-order valence-electron chi connectivity index (χ1n) is 6.71. The predicted molar refractivity (Wildman–Crippen MR) is 85.4 cm³/mol. The SMILES string of the molecule is CC1(C)CCCCC1Nc1cc(F)c(I)cc1[N+](=O)[O-]. The van der Waals surface area contributed by atoms with Gasteiger partial charge in [-0.25, -0.2) is 4.39 Å². The number of rotatable bonds is 3. The van der Waals surface area contributed by atoms with E-state index in [0.717, 1.165) is 19.3 Å². The molecule has 20 heavy (non-hydrogen) atoms. The van der Waals surface area contributed by atoms with Gasteiger partial charge in [-0.05, 0) is 40.8 Å². The Labute approximate surface area is 131 Å². The molecule has 1 aliphatic carbocycles. The minimum Gasteiger partial charge on any atom is -0.376 e. The van der Waals surface area contributed by atoms with Gasteiger partial charge in [0.25, 0.3) is 5.69 Å². The Hall–Kier alpha value is -0.920. The third-order valence-electron chi connectivity index (χ3n) is 4.07. The molecule has 0 aliphatic heterocycles. The van der Waals surface area contributed by atoms with Crippen molar-refractivity contribution in [2.45, 2.75) is 45.6 Å². The second kappa shape index (κ2) is 5.83. The zero-order valence-electron chi connectivity index (χ0n) is 11.6. The molecule has 0 saturated heterocycles. The van der Waals surface area contributed by atoms with Crippen molar-refractivity contribution in [3.8, 4) is 0 Å². The monoisotopic (exact) mass is 392 g/mol. The average Bonchev–Trinajstić information content (AvgIpc) is 2.35. The summed E-state index contributed by atoms with van der Waals surface area (Å²) in [7, 11) is 0. The van der Waals surface area contributed by atoms with E-state index < -0.39 is 10.7 Å². The Morgan fingerprint density at radius 3 is 2.75 bits per heavy atom. The van der Waals surface area contributed by atoms with Gasteiger partial charge in [0.05, 0.1) is 8.49 Å². The highest BCUT2D eigenvalue weighted by Gasteiger charge is 2.33. The smallest absolute Gasteiger partial charge is 0.293 e. The van der Waals surface area contributed by atoms with Crippen LogP contribution in [0, 0.1) is 24.9 Å². The minimum atomic E-state index is -0.459. The molecule has 1 aromatic rings. The van der Waals surface area contributed by atoms with Crippen molar-refractivity contribution < 1.29 is 9.31 Å². The predicted octanol–water partition coefficient (Wildman–Crippen LogP) is 4.72. The molecule has 6 heteroatoms. The van der Waals surface area contributed by atoms with Crippen molar-refractivity contribution in [2.24, 2.45) is 5.41 Å². The standard InChI is InChI=1S/C14H18FIN2O2/c1-14(2)6-4-3-5-13(14)17-11-7-9(15)10(16)8-12(11)18(19)20/h7-8,13,17H,3-6H2,1-2H3. The highest BCUT2D eigenvalue weighted by Crippen LogP contribution is 2.39. The summed E-state index contributed by atoms with van der Waals surface area (Å²) in [6.07, 6.45) is 4.30. The first-order valence-corrected chi connectivity index (χ1v) is 7.79. The first-order chi connectivity index (χ1) is 9.31. The Morgan fingerprint density at radius 1 is 1.45 bits per heavy atom. The number of hydrogen-bond acceptors (Lipinski definition) is 3. The van der Waals surface area contributed by atoms with Crippen molar-refractivity contribution in [1.82, 2.24) is 0 Å². The second-order valence-electron chi connectivity index (χ2n) is 5.97. The highest BCUT2D eigenvalue weighted by atomic mass is 127. The molecule has 0 amide bonds. The van der Waals surface area contributed by atoms with Crippen molar-refractivity contribution in [1.29, 1.82) is 0 Å². The number of nitro groups is 1. The van der Waals surface area contributed by atoms with Gasteiger partial charge in [0, 0.05) is 18.2 Å². The average molecular weight is 392 g/mol. The van der Waals surface area contributed by atoms with Crippen LogP contribution >= 0.6 is 22.6 Å². The number of nitrogens with one attached hydrogen (secondary N) is 1. The van der Waals surface area contributed by atoms with Crippen LogP contribution in [0.1, 0.15) is 39.5 Å².